The predicted molar refractivity (Wildman–Crippen MR) is 109 cm³/mol. The third-order valence-electron chi connectivity index (χ3n) is 3.78. The summed E-state index contributed by atoms with van der Waals surface area (Å²) in [6, 6.07) is 7.36. The van der Waals surface area contributed by atoms with Gasteiger partial charge < -0.3 is 10.1 Å². The van der Waals surface area contributed by atoms with Crippen LogP contribution in [-0.2, 0) is 4.74 Å². The molecular weight excluding hydrogens is 356 g/mol. The van der Waals surface area contributed by atoms with E-state index in [1.54, 1.807) is 18.5 Å². The molecule has 8 nitrogen and oxygen atoms in total. The van der Waals surface area contributed by atoms with Crippen LogP contribution in [0.1, 0.15) is 46.1 Å². The van der Waals surface area contributed by atoms with Crippen molar-refractivity contribution in [3.05, 3.63) is 42.2 Å². The van der Waals surface area contributed by atoms with Gasteiger partial charge in [-0.05, 0) is 56.5 Å². The molecule has 3 heterocycles. The Bertz CT molecular complexity index is 997. The highest BCUT2D eigenvalue weighted by Gasteiger charge is 2.16. The smallest absolute Gasteiger partial charge is 0.412 e. The number of anilines is 3. The van der Waals surface area contributed by atoms with E-state index in [0.717, 1.165) is 5.56 Å². The Morgan fingerprint density at radius 1 is 1.07 bits per heavy atom. The second-order valence-corrected chi connectivity index (χ2v) is 7.74. The molecule has 0 atom stereocenters. The fourth-order valence-electron chi connectivity index (χ4n) is 2.46. The van der Waals surface area contributed by atoms with Crippen molar-refractivity contribution >= 4 is 34.4 Å². The molecule has 8 heteroatoms. The molecule has 0 aliphatic carbocycles. The molecule has 2 N–H and O–H groups in total. The van der Waals surface area contributed by atoms with Gasteiger partial charge in [-0.25, -0.2) is 9.78 Å². The molecule has 0 unspecified atom stereocenters. The molecule has 3 rings (SSSR count). The lowest BCUT2D eigenvalue weighted by Gasteiger charge is -2.19. The van der Waals surface area contributed by atoms with Gasteiger partial charge in [0.05, 0.1) is 29.1 Å². The zero-order valence-corrected chi connectivity index (χ0v) is 16.6. The van der Waals surface area contributed by atoms with Crippen molar-refractivity contribution in [2.45, 2.75) is 46.1 Å². The van der Waals surface area contributed by atoms with Crippen LogP contribution in [-0.4, -0.2) is 31.9 Å². The molecule has 28 heavy (non-hydrogen) atoms. The highest BCUT2D eigenvalue weighted by molar-refractivity contribution is 5.88. The van der Waals surface area contributed by atoms with Crippen molar-refractivity contribution in [3.8, 4) is 0 Å². The van der Waals surface area contributed by atoms with Crippen LogP contribution in [0, 0.1) is 0 Å². The molecule has 0 saturated carbocycles. The van der Waals surface area contributed by atoms with Gasteiger partial charge in [-0.1, -0.05) is 13.8 Å². The number of ether oxygens (including phenoxy) is 1. The SMILES string of the molecule is CC(C)c1cnnc(Nc2ccc3ncc(NC(=O)OC(C)(C)C)cc3n2)c1. The predicted octanol–water partition coefficient (Wildman–Crippen LogP) is 4.63. The van der Waals surface area contributed by atoms with Gasteiger partial charge in [-0.3, -0.25) is 10.3 Å². The Kier molecular flexibility index (Phi) is 5.39. The summed E-state index contributed by atoms with van der Waals surface area (Å²) in [7, 11) is 0. The van der Waals surface area contributed by atoms with E-state index < -0.39 is 11.7 Å². The molecule has 0 radical (unpaired) electrons. The van der Waals surface area contributed by atoms with E-state index in [2.05, 4.69) is 44.6 Å². The Labute approximate surface area is 163 Å². The first-order chi connectivity index (χ1) is 13.2. The van der Waals surface area contributed by atoms with Crippen LogP contribution in [0.5, 0.6) is 0 Å². The molecule has 0 saturated heterocycles. The number of nitrogens with zero attached hydrogens (tertiary/aromatic N) is 4. The molecule has 1 amide bonds. The van der Waals surface area contributed by atoms with E-state index in [-0.39, 0.29) is 0 Å². The molecule has 0 spiro atoms. The van der Waals surface area contributed by atoms with Crippen LogP contribution >= 0.6 is 0 Å². The van der Waals surface area contributed by atoms with E-state index in [0.29, 0.717) is 34.3 Å². The lowest BCUT2D eigenvalue weighted by Crippen LogP contribution is -2.27. The monoisotopic (exact) mass is 380 g/mol. The van der Waals surface area contributed by atoms with E-state index in [4.69, 9.17) is 4.74 Å². The zero-order valence-electron chi connectivity index (χ0n) is 16.6. The Hall–Kier alpha value is -3.29. The van der Waals surface area contributed by atoms with Gasteiger partial charge >= 0.3 is 6.09 Å². The summed E-state index contributed by atoms with van der Waals surface area (Å²) in [5, 5.41) is 14.0. The number of pyridine rings is 2. The first kappa shape index (κ1) is 19.5. The Balaban J connectivity index is 1.80. The highest BCUT2D eigenvalue weighted by Crippen LogP contribution is 2.21. The number of aromatic nitrogens is 4. The van der Waals surface area contributed by atoms with Gasteiger partial charge in [-0.15, -0.1) is 5.10 Å². The summed E-state index contributed by atoms with van der Waals surface area (Å²) < 4.78 is 5.26. The molecule has 0 aromatic carbocycles. The van der Waals surface area contributed by atoms with E-state index in [9.17, 15) is 4.79 Å². The van der Waals surface area contributed by atoms with Crippen LogP contribution in [0.25, 0.3) is 11.0 Å². The summed E-state index contributed by atoms with van der Waals surface area (Å²) >= 11 is 0. The van der Waals surface area contributed by atoms with Gasteiger partial charge in [0.2, 0.25) is 0 Å². The minimum absolute atomic E-state index is 0.353. The zero-order chi connectivity index (χ0) is 20.3. The molecule has 0 fully saturated rings. The number of carbonyl (C=O) groups is 1. The van der Waals surface area contributed by atoms with Crippen LogP contribution in [0.4, 0.5) is 22.1 Å². The number of hydrogen-bond donors (Lipinski definition) is 2. The number of fused-ring (bicyclic) bond motifs is 1. The van der Waals surface area contributed by atoms with Crippen LogP contribution in [0.15, 0.2) is 36.7 Å². The second-order valence-electron chi connectivity index (χ2n) is 7.74. The van der Waals surface area contributed by atoms with E-state index in [1.165, 1.54) is 0 Å². The van der Waals surface area contributed by atoms with Gasteiger partial charge in [-0.2, -0.15) is 5.10 Å². The van der Waals surface area contributed by atoms with Crippen molar-refractivity contribution in [2.75, 3.05) is 10.6 Å². The van der Waals surface area contributed by atoms with E-state index in [1.807, 2.05) is 39.0 Å². The topological polar surface area (TPSA) is 102 Å². The van der Waals surface area contributed by atoms with Gasteiger partial charge in [0.25, 0.3) is 0 Å². The molecule has 0 aliphatic rings. The summed E-state index contributed by atoms with van der Waals surface area (Å²) in [6.07, 6.45) is 2.78. The average Bonchev–Trinajstić information content (AvgIpc) is 2.60. The molecule has 0 bridgehead atoms. The normalized spacial score (nSPS) is 11.5. The lowest BCUT2D eigenvalue weighted by molar-refractivity contribution is 0.0636. The van der Waals surface area contributed by atoms with E-state index >= 15 is 0 Å². The minimum Gasteiger partial charge on any atom is -0.444 e. The fourth-order valence-corrected chi connectivity index (χ4v) is 2.46. The summed E-state index contributed by atoms with van der Waals surface area (Å²) in [6.45, 7) is 9.62. The molecule has 0 aliphatic heterocycles. The Morgan fingerprint density at radius 3 is 2.57 bits per heavy atom. The quantitative estimate of drug-likeness (QED) is 0.680. The Morgan fingerprint density at radius 2 is 1.86 bits per heavy atom. The van der Waals surface area contributed by atoms with Gasteiger partial charge in [0.15, 0.2) is 5.82 Å². The molecule has 3 aromatic rings. The third-order valence-corrected chi connectivity index (χ3v) is 3.78. The number of amides is 1. The van der Waals surface area contributed by atoms with Crippen molar-refractivity contribution in [2.24, 2.45) is 0 Å². The number of rotatable bonds is 4. The van der Waals surface area contributed by atoms with Crippen molar-refractivity contribution in [1.82, 2.24) is 20.2 Å². The first-order valence-corrected chi connectivity index (χ1v) is 9.06. The first-order valence-electron chi connectivity index (χ1n) is 9.06. The number of nitrogens with one attached hydrogen (secondary N) is 2. The number of carbonyl (C=O) groups excluding carboxylic acids is 1. The number of hydrogen-bond acceptors (Lipinski definition) is 7. The van der Waals surface area contributed by atoms with Gasteiger partial charge in [0, 0.05) is 0 Å². The van der Waals surface area contributed by atoms with Crippen molar-refractivity contribution < 1.29 is 9.53 Å². The maximum Gasteiger partial charge on any atom is 0.412 e. The molecule has 3 aromatic heterocycles. The van der Waals surface area contributed by atoms with Crippen LogP contribution in [0.3, 0.4) is 0 Å². The standard InChI is InChI=1S/C20H24N6O2/c1-12(2)13-8-18(26-22-10-13)25-17-7-6-15-16(24-17)9-14(11-21-15)23-19(27)28-20(3,4)5/h6-12H,1-5H3,(H,23,27)(H,24,25,26). The largest absolute Gasteiger partial charge is 0.444 e. The third kappa shape index (κ3) is 5.12. The van der Waals surface area contributed by atoms with Crippen LogP contribution < -0.4 is 10.6 Å². The molecular formula is C20H24N6O2. The van der Waals surface area contributed by atoms with Crippen molar-refractivity contribution in [3.63, 3.8) is 0 Å². The van der Waals surface area contributed by atoms with Gasteiger partial charge in [0.1, 0.15) is 11.4 Å². The maximum atomic E-state index is 12.0. The second kappa shape index (κ2) is 7.75. The molecule has 146 valence electrons. The lowest BCUT2D eigenvalue weighted by atomic mass is 10.1. The summed E-state index contributed by atoms with van der Waals surface area (Å²) in [4.78, 5) is 20.8. The van der Waals surface area contributed by atoms with Crippen molar-refractivity contribution in [1.29, 1.82) is 0 Å². The maximum absolute atomic E-state index is 12.0. The summed E-state index contributed by atoms with van der Waals surface area (Å²) in [5.41, 5.74) is 2.36. The average molecular weight is 380 g/mol. The fraction of sp³-hybridized carbons (Fsp3) is 0.350. The summed E-state index contributed by atoms with van der Waals surface area (Å²) in [5.74, 6) is 1.58. The highest BCUT2D eigenvalue weighted by atomic mass is 16.6. The minimum atomic E-state index is -0.574. The van der Waals surface area contributed by atoms with Crippen LogP contribution in [0.2, 0.25) is 0 Å².